The van der Waals surface area contributed by atoms with Crippen molar-refractivity contribution in [2.24, 2.45) is 0 Å². The predicted octanol–water partition coefficient (Wildman–Crippen LogP) is 3.05. The largest absolute Gasteiger partial charge is 0.387 e. The Bertz CT molecular complexity index is 328. The van der Waals surface area contributed by atoms with E-state index in [4.69, 9.17) is 16.9 Å². The molecule has 0 spiro atoms. The SMILES string of the molecule is N#CCC(O)c1c(Cl)cccc1Br. The average Bonchev–Trinajstić information content (AvgIpc) is 2.04. The molecule has 1 N–H and O–H groups in total. The van der Waals surface area contributed by atoms with Gasteiger partial charge in [-0.3, -0.25) is 0 Å². The summed E-state index contributed by atoms with van der Waals surface area (Å²) in [6.07, 6.45) is -0.782. The van der Waals surface area contributed by atoms with E-state index in [9.17, 15) is 5.11 Å². The van der Waals surface area contributed by atoms with Crippen LogP contribution in [0.5, 0.6) is 0 Å². The van der Waals surface area contributed by atoms with E-state index in [1.54, 1.807) is 18.2 Å². The van der Waals surface area contributed by atoms with Crippen molar-refractivity contribution in [1.29, 1.82) is 5.26 Å². The molecule has 1 atom stereocenters. The lowest BCUT2D eigenvalue weighted by molar-refractivity contribution is 0.183. The Kier molecular flexibility index (Phi) is 3.73. The van der Waals surface area contributed by atoms with Gasteiger partial charge in [0, 0.05) is 15.1 Å². The molecule has 0 fully saturated rings. The van der Waals surface area contributed by atoms with E-state index >= 15 is 0 Å². The van der Waals surface area contributed by atoms with Crippen LogP contribution in [0.2, 0.25) is 5.02 Å². The third-order valence-corrected chi connectivity index (χ3v) is 2.64. The molecule has 0 radical (unpaired) electrons. The molecule has 13 heavy (non-hydrogen) atoms. The van der Waals surface area contributed by atoms with Crippen LogP contribution in [0.4, 0.5) is 0 Å². The molecule has 2 nitrogen and oxygen atoms in total. The number of nitriles is 1. The molecule has 1 unspecified atom stereocenters. The second-order valence-corrected chi connectivity index (χ2v) is 3.77. The van der Waals surface area contributed by atoms with Gasteiger partial charge in [-0.25, -0.2) is 0 Å². The molecule has 68 valence electrons. The molecule has 0 amide bonds. The third kappa shape index (κ3) is 2.44. The molecule has 0 aliphatic heterocycles. The van der Waals surface area contributed by atoms with Crippen LogP contribution in [0.1, 0.15) is 18.1 Å². The van der Waals surface area contributed by atoms with Crippen molar-refractivity contribution in [1.82, 2.24) is 0 Å². The number of aliphatic hydroxyl groups is 1. The van der Waals surface area contributed by atoms with Gasteiger partial charge in [0.15, 0.2) is 0 Å². The minimum atomic E-state index is -0.826. The lowest BCUT2D eigenvalue weighted by Gasteiger charge is -2.10. The summed E-state index contributed by atoms with van der Waals surface area (Å²) in [4.78, 5) is 0. The summed E-state index contributed by atoms with van der Waals surface area (Å²) in [5.41, 5.74) is 0.575. The minimum absolute atomic E-state index is 0.0440. The van der Waals surface area contributed by atoms with Crippen LogP contribution in [0, 0.1) is 11.3 Å². The van der Waals surface area contributed by atoms with Crippen molar-refractivity contribution in [3.63, 3.8) is 0 Å². The number of nitrogens with zero attached hydrogens (tertiary/aromatic N) is 1. The number of hydrogen-bond acceptors (Lipinski definition) is 2. The van der Waals surface area contributed by atoms with Crippen molar-refractivity contribution in [3.8, 4) is 6.07 Å². The summed E-state index contributed by atoms with van der Waals surface area (Å²) in [7, 11) is 0. The summed E-state index contributed by atoms with van der Waals surface area (Å²) in [6.45, 7) is 0. The Morgan fingerprint density at radius 2 is 2.31 bits per heavy atom. The van der Waals surface area contributed by atoms with Crippen LogP contribution in [0.3, 0.4) is 0 Å². The van der Waals surface area contributed by atoms with Gasteiger partial charge in [-0.15, -0.1) is 0 Å². The fraction of sp³-hybridized carbons (Fsp3) is 0.222. The van der Waals surface area contributed by atoms with Crippen LogP contribution >= 0.6 is 27.5 Å². The molecule has 0 saturated carbocycles. The molecule has 1 aromatic rings. The fourth-order valence-electron chi connectivity index (χ4n) is 1.02. The third-order valence-electron chi connectivity index (χ3n) is 1.62. The molecule has 0 bridgehead atoms. The number of rotatable bonds is 2. The predicted molar refractivity (Wildman–Crippen MR) is 54.3 cm³/mol. The van der Waals surface area contributed by atoms with Crippen LogP contribution in [0.15, 0.2) is 22.7 Å². The molecular weight excluding hydrogens is 253 g/mol. The first-order chi connectivity index (χ1) is 6.16. The van der Waals surface area contributed by atoms with Gasteiger partial charge >= 0.3 is 0 Å². The minimum Gasteiger partial charge on any atom is -0.387 e. The van der Waals surface area contributed by atoms with Gasteiger partial charge in [0.1, 0.15) is 0 Å². The van der Waals surface area contributed by atoms with Gasteiger partial charge in [0.25, 0.3) is 0 Å². The van der Waals surface area contributed by atoms with E-state index in [1.165, 1.54) is 0 Å². The van der Waals surface area contributed by atoms with Crippen molar-refractivity contribution >= 4 is 27.5 Å². The average molecular weight is 261 g/mol. The van der Waals surface area contributed by atoms with E-state index in [-0.39, 0.29) is 6.42 Å². The van der Waals surface area contributed by atoms with E-state index in [2.05, 4.69) is 15.9 Å². The molecule has 0 aliphatic carbocycles. The second-order valence-electron chi connectivity index (χ2n) is 2.51. The fourth-order valence-corrected chi connectivity index (χ4v) is 2.06. The second kappa shape index (κ2) is 4.61. The zero-order valence-electron chi connectivity index (χ0n) is 6.67. The van der Waals surface area contributed by atoms with E-state index in [0.717, 1.165) is 4.47 Å². The Morgan fingerprint density at radius 1 is 1.62 bits per heavy atom. The molecule has 1 aromatic carbocycles. The number of halogens is 2. The summed E-state index contributed by atoms with van der Waals surface area (Å²) in [5.74, 6) is 0. The van der Waals surface area contributed by atoms with Crippen molar-refractivity contribution in [2.45, 2.75) is 12.5 Å². The first kappa shape index (κ1) is 10.5. The maximum Gasteiger partial charge on any atom is 0.0945 e. The highest BCUT2D eigenvalue weighted by atomic mass is 79.9. The smallest absolute Gasteiger partial charge is 0.0945 e. The first-order valence-electron chi connectivity index (χ1n) is 3.65. The summed E-state index contributed by atoms with van der Waals surface area (Å²) >= 11 is 9.12. The maximum atomic E-state index is 9.55. The van der Waals surface area contributed by atoms with Gasteiger partial charge < -0.3 is 5.11 Å². The van der Waals surface area contributed by atoms with Crippen molar-refractivity contribution < 1.29 is 5.11 Å². The maximum absolute atomic E-state index is 9.55. The highest BCUT2D eigenvalue weighted by molar-refractivity contribution is 9.10. The molecule has 0 aliphatic rings. The van der Waals surface area contributed by atoms with Crippen LogP contribution in [-0.2, 0) is 0 Å². The zero-order chi connectivity index (χ0) is 9.84. The summed E-state index contributed by atoms with van der Waals surface area (Å²) in [6, 6.07) is 7.13. The van der Waals surface area contributed by atoms with Gasteiger partial charge in [-0.2, -0.15) is 5.26 Å². The van der Waals surface area contributed by atoms with Gasteiger partial charge in [-0.1, -0.05) is 33.6 Å². The summed E-state index contributed by atoms with van der Waals surface area (Å²) in [5, 5.41) is 18.4. The number of aliphatic hydroxyl groups excluding tert-OH is 1. The first-order valence-corrected chi connectivity index (χ1v) is 4.83. The molecule has 1 rings (SSSR count). The quantitative estimate of drug-likeness (QED) is 0.888. The van der Waals surface area contributed by atoms with Crippen molar-refractivity contribution in [2.75, 3.05) is 0 Å². The van der Waals surface area contributed by atoms with Gasteiger partial charge in [-0.05, 0) is 12.1 Å². The van der Waals surface area contributed by atoms with E-state index in [1.807, 2.05) is 6.07 Å². The summed E-state index contributed by atoms with van der Waals surface area (Å²) < 4.78 is 0.725. The van der Waals surface area contributed by atoms with Crippen molar-refractivity contribution in [3.05, 3.63) is 33.3 Å². The Morgan fingerprint density at radius 3 is 2.85 bits per heavy atom. The highest BCUT2D eigenvalue weighted by Gasteiger charge is 2.13. The van der Waals surface area contributed by atoms with E-state index < -0.39 is 6.10 Å². The lowest BCUT2D eigenvalue weighted by Crippen LogP contribution is -1.98. The van der Waals surface area contributed by atoms with Crippen LogP contribution in [-0.4, -0.2) is 5.11 Å². The van der Waals surface area contributed by atoms with E-state index in [0.29, 0.717) is 10.6 Å². The molecule has 0 aromatic heterocycles. The van der Waals surface area contributed by atoms with Crippen LogP contribution in [0.25, 0.3) is 0 Å². The number of benzene rings is 1. The normalized spacial score (nSPS) is 12.2. The monoisotopic (exact) mass is 259 g/mol. The topological polar surface area (TPSA) is 44.0 Å². The standard InChI is InChI=1S/C9H7BrClNO/c10-6-2-1-3-7(11)9(6)8(13)4-5-12/h1-3,8,13H,4H2. The molecule has 0 heterocycles. The Labute approximate surface area is 89.9 Å². The lowest BCUT2D eigenvalue weighted by atomic mass is 10.1. The number of hydrogen-bond donors (Lipinski definition) is 1. The van der Waals surface area contributed by atoms with Gasteiger partial charge in [0.05, 0.1) is 18.6 Å². The zero-order valence-corrected chi connectivity index (χ0v) is 9.01. The molecule has 0 saturated heterocycles. The van der Waals surface area contributed by atoms with Gasteiger partial charge in [0.2, 0.25) is 0 Å². The van der Waals surface area contributed by atoms with Crippen LogP contribution < -0.4 is 0 Å². The molecular formula is C9H7BrClNO. The Hall–Kier alpha value is -0.560. The Balaban J connectivity index is 3.06. The molecule has 4 heteroatoms. The highest BCUT2D eigenvalue weighted by Crippen LogP contribution is 2.31.